The van der Waals surface area contributed by atoms with Crippen molar-refractivity contribution in [2.75, 3.05) is 0 Å². The van der Waals surface area contributed by atoms with Crippen LogP contribution < -0.4 is 0 Å². The molecule has 0 radical (unpaired) electrons. The summed E-state index contributed by atoms with van der Waals surface area (Å²) in [5, 5.41) is 5.62. The molecule has 0 saturated heterocycles. The maximum Gasteiger partial charge on any atom is 0.238 e. The van der Waals surface area contributed by atoms with E-state index < -0.39 is 0 Å². The van der Waals surface area contributed by atoms with Crippen LogP contribution in [0.3, 0.4) is 0 Å². The van der Waals surface area contributed by atoms with Crippen LogP contribution in [0.4, 0.5) is 0 Å². The highest BCUT2D eigenvalue weighted by Gasteiger charge is 2.22. The van der Waals surface area contributed by atoms with Crippen molar-refractivity contribution in [1.82, 2.24) is 38.9 Å². The Bertz CT molecular complexity index is 3440. The zero-order valence-corrected chi connectivity index (χ0v) is 30.9. The molecule has 0 N–H and O–H groups in total. The van der Waals surface area contributed by atoms with Crippen LogP contribution in [-0.4, -0.2) is 38.9 Å². The third kappa shape index (κ3) is 4.95. The number of hydrogen-bond acceptors (Lipinski definition) is 6. The summed E-state index contributed by atoms with van der Waals surface area (Å²) in [7, 11) is 0. The lowest BCUT2D eigenvalue weighted by atomic mass is 10.00. The molecule has 0 spiro atoms. The quantitative estimate of drug-likeness (QED) is 0.163. The minimum atomic E-state index is 0.532. The first-order valence-corrected chi connectivity index (χ1v) is 19.2. The predicted molar refractivity (Wildman–Crippen MR) is 233 cm³/mol. The summed E-state index contributed by atoms with van der Waals surface area (Å²) in [4.78, 5) is 29.9. The van der Waals surface area contributed by atoms with Gasteiger partial charge in [0, 0.05) is 61.6 Å². The standard InChI is InChI=1S/C50H30N8/c1-4-16-41-35(11-1)45-37(49-53-40-15-3-6-18-43(40)57(41)49)27-28-44-46(45)36-12-2-5-17-42(36)58(44)50-55-47(33-23-19-31(20-24-33)38-13-7-9-29-51-38)54-48(56-50)34-25-21-32(22-26-34)39-14-8-10-30-52-39/h1-30H. The Morgan fingerprint density at radius 2 is 0.879 bits per heavy atom. The third-order valence-corrected chi connectivity index (χ3v) is 11.1. The summed E-state index contributed by atoms with van der Waals surface area (Å²) in [5.74, 6) is 1.68. The highest BCUT2D eigenvalue weighted by molar-refractivity contribution is 6.30. The van der Waals surface area contributed by atoms with Crippen LogP contribution in [0.5, 0.6) is 0 Å². The zero-order chi connectivity index (χ0) is 38.2. The fourth-order valence-electron chi connectivity index (χ4n) is 8.44. The van der Waals surface area contributed by atoms with E-state index in [9.17, 15) is 0 Å². The van der Waals surface area contributed by atoms with Crippen LogP contribution in [0.25, 0.3) is 111 Å². The molecule has 6 aromatic heterocycles. The Labute approximate surface area is 331 Å². The van der Waals surface area contributed by atoms with Gasteiger partial charge in [0.05, 0.1) is 39.0 Å². The molecule has 12 aromatic rings. The van der Waals surface area contributed by atoms with Crippen molar-refractivity contribution in [2.24, 2.45) is 0 Å². The number of aromatic nitrogens is 8. The van der Waals surface area contributed by atoms with Crippen molar-refractivity contribution < 1.29 is 0 Å². The number of benzene rings is 6. The van der Waals surface area contributed by atoms with E-state index in [0.717, 1.165) is 93.8 Å². The van der Waals surface area contributed by atoms with Crippen LogP contribution in [0.1, 0.15) is 0 Å². The number of fused-ring (bicyclic) bond motifs is 12. The van der Waals surface area contributed by atoms with Gasteiger partial charge < -0.3 is 0 Å². The maximum atomic E-state index is 5.26. The van der Waals surface area contributed by atoms with Crippen molar-refractivity contribution in [3.05, 3.63) is 182 Å². The smallest absolute Gasteiger partial charge is 0.238 e. The average molecular weight is 743 g/mol. The number of nitrogens with zero attached hydrogens (tertiary/aromatic N) is 8. The molecule has 58 heavy (non-hydrogen) atoms. The first kappa shape index (κ1) is 32.2. The Kier molecular flexibility index (Phi) is 7.06. The Morgan fingerprint density at radius 3 is 1.50 bits per heavy atom. The van der Waals surface area contributed by atoms with E-state index in [1.54, 1.807) is 0 Å². The second-order valence-corrected chi connectivity index (χ2v) is 14.4. The Balaban J connectivity index is 1.12. The molecule has 0 unspecified atom stereocenters. The van der Waals surface area contributed by atoms with E-state index in [1.165, 1.54) is 0 Å². The molecule has 0 saturated carbocycles. The van der Waals surface area contributed by atoms with Gasteiger partial charge >= 0.3 is 0 Å². The first-order valence-electron chi connectivity index (χ1n) is 19.2. The average Bonchev–Trinajstić information content (AvgIpc) is 3.86. The molecule has 8 nitrogen and oxygen atoms in total. The lowest BCUT2D eigenvalue weighted by Gasteiger charge is -2.12. The van der Waals surface area contributed by atoms with Gasteiger partial charge in [-0.15, -0.1) is 0 Å². The topological polar surface area (TPSA) is 86.7 Å². The van der Waals surface area contributed by atoms with Gasteiger partial charge in [0.2, 0.25) is 5.95 Å². The van der Waals surface area contributed by atoms with E-state index >= 15 is 0 Å². The van der Waals surface area contributed by atoms with Crippen LogP contribution in [0, 0.1) is 0 Å². The summed E-state index contributed by atoms with van der Waals surface area (Å²) in [5.41, 5.74) is 11.7. The molecular formula is C50H30N8. The summed E-state index contributed by atoms with van der Waals surface area (Å²) >= 11 is 0. The summed E-state index contributed by atoms with van der Waals surface area (Å²) < 4.78 is 4.48. The van der Waals surface area contributed by atoms with Crippen molar-refractivity contribution >= 4 is 60.2 Å². The Hall–Kier alpha value is -8.10. The second kappa shape index (κ2) is 12.7. The van der Waals surface area contributed by atoms with Crippen molar-refractivity contribution in [2.45, 2.75) is 0 Å². The summed E-state index contributed by atoms with van der Waals surface area (Å²) in [6.07, 6.45) is 3.62. The number of para-hydroxylation sites is 4. The van der Waals surface area contributed by atoms with Gasteiger partial charge in [-0.05, 0) is 60.7 Å². The number of imidazole rings is 1. The first-order chi connectivity index (χ1) is 28.8. The van der Waals surface area contributed by atoms with Gasteiger partial charge in [0.1, 0.15) is 5.65 Å². The summed E-state index contributed by atoms with van der Waals surface area (Å²) in [6, 6.07) is 58.3. The van der Waals surface area contributed by atoms with Crippen molar-refractivity contribution in [3.8, 4) is 51.2 Å². The normalized spacial score (nSPS) is 11.8. The molecule has 0 fully saturated rings. The molecule has 0 aliphatic rings. The van der Waals surface area contributed by atoms with Gasteiger partial charge in [0.15, 0.2) is 11.6 Å². The fourth-order valence-corrected chi connectivity index (χ4v) is 8.44. The van der Waals surface area contributed by atoms with Gasteiger partial charge in [0.25, 0.3) is 0 Å². The van der Waals surface area contributed by atoms with Crippen LogP contribution in [0.15, 0.2) is 182 Å². The fraction of sp³-hybridized carbons (Fsp3) is 0. The predicted octanol–water partition coefficient (Wildman–Crippen LogP) is 11.5. The minimum Gasteiger partial charge on any atom is -0.292 e. The van der Waals surface area contributed by atoms with Gasteiger partial charge in [-0.3, -0.25) is 18.9 Å². The summed E-state index contributed by atoms with van der Waals surface area (Å²) in [6.45, 7) is 0. The van der Waals surface area contributed by atoms with Crippen molar-refractivity contribution in [1.29, 1.82) is 0 Å². The molecule has 0 amide bonds. The van der Waals surface area contributed by atoms with Crippen LogP contribution >= 0.6 is 0 Å². The lowest BCUT2D eigenvalue weighted by Crippen LogP contribution is -2.06. The molecule has 12 rings (SSSR count). The highest BCUT2D eigenvalue weighted by atomic mass is 15.2. The van der Waals surface area contributed by atoms with Gasteiger partial charge in [-0.25, -0.2) is 9.97 Å². The highest BCUT2D eigenvalue weighted by Crippen LogP contribution is 2.42. The zero-order valence-electron chi connectivity index (χ0n) is 30.9. The third-order valence-electron chi connectivity index (χ3n) is 11.1. The second-order valence-electron chi connectivity index (χ2n) is 14.4. The molecule has 0 aliphatic heterocycles. The van der Waals surface area contributed by atoms with Gasteiger partial charge in [-0.2, -0.15) is 9.97 Å². The molecule has 8 heteroatoms. The van der Waals surface area contributed by atoms with Crippen LogP contribution in [0.2, 0.25) is 0 Å². The van der Waals surface area contributed by atoms with E-state index in [0.29, 0.717) is 17.6 Å². The number of pyridine rings is 3. The molecule has 0 aliphatic carbocycles. The van der Waals surface area contributed by atoms with E-state index in [-0.39, 0.29) is 0 Å². The monoisotopic (exact) mass is 742 g/mol. The molecular weight excluding hydrogens is 713 g/mol. The van der Waals surface area contributed by atoms with Crippen molar-refractivity contribution in [3.63, 3.8) is 0 Å². The molecule has 6 heterocycles. The number of rotatable bonds is 5. The molecule has 0 bridgehead atoms. The van der Waals surface area contributed by atoms with Crippen LogP contribution in [-0.2, 0) is 0 Å². The van der Waals surface area contributed by atoms with Gasteiger partial charge in [-0.1, -0.05) is 109 Å². The molecule has 0 atom stereocenters. The Morgan fingerprint density at radius 1 is 0.345 bits per heavy atom. The molecule has 6 aromatic carbocycles. The number of hydrogen-bond donors (Lipinski definition) is 0. The minimum absolute atomic E-state index is 0.532. The lowest BCUT2D eigenvalue weighted by molar-refractivity contribution is 0.953. The molecule has 270 valence electrons. The SMILES string of the molecule is c1ccc(-c2ccc(-c3nc(-c4ccc(-c5ccccn5)cc4)nc(-n4c5ccccc5c5c6c7ccccc7n7c8ccccc8nc7c6ccc54)n3)cc2)nc1. The van der Waals surface area contributed by atoms with E-state index in [2.05, 4.69) is 146 Å². The van der Waals surface area contributed by atoms with E-state index in [4.69, 9.17) is 19.9 Å². The maximum absolute atomic E-state index is 5.26. The largest absolute Gasteiger partial charge is 0.292 e. The van der Waals surface area contributed by atoms with E-state index in [1.807, 2.05) is 54.9 Å².